The predicted molar refractivity (Wildman–Crippen MR) is 75.6 cm³/mol. The molecule has 1 aromatic heterocycles. The number of aryl methyl sites for hydroxylation is 1. The maximum Gasteiger partial charge on any atom is 0.279 e. The highest BCUT2D eigenvalue weighted by Gasteiger charge is 2.25. The van der Waals surface area contributed by atoms with Crippen LogP contribution in [0.15, 0.2) is 12.3 Å². The molecule has 2 unspecified atom stereocenters. The summed E-state index contributed by atoms with van der Waals surface area (Å²) in [5.74, 6) is 1.24. The van der Waals surface area contributed by atoms with Gasteiger partial charge in [-0.25, -0.2) is 4.98 Å². The third kappa shape index (κ3) is 3.45. The Morgan fingerprint density at radius 3 is 2.80 bits per heavy atom. The topological polar surface area (TPSA) is 91.3 Å². The number of nitrogens with two attached hydrogens (primary N) is 1. The Hall–Kier alpha value is -1.69. The summed E-state index contributed by atoms with van der Waals surface area (Å²) in [6, 6.07) is 1.40. The molecule has 0 spiro atoms. The molecule has 2 atom stereocenters. The summed E-state index contributed by atoms with van der Waals surface area (Å²) in [4.78, 5) is 14.6. The van der Waals surface area contributed by atoms with E-state index in [1.165, 1.54) is 25.1 Å². The molecular formula is C14H21N3O3. The lowest BCUT2D eigenvalue weighted by atomic mass is 9.80. The summed E-state index contributed by atoms with van der Waals surface area (Å²) in [5, 5.41) is 10.9. The smallest absolute Gasteiger partial charge is 0.279 e. The van der Waals surface area contributed by atoms with Gasteiger partial charge in [-0.15, -0.1) is 0 Å². The van der Waals surface area contributed by atoms with Crippen LogP contribution in [0, 0.1) is 28.9 Å². The van der Waals surface area contributed by atoms with Crippen LogP contribution in [-0.2, 0) is 0 Å². The molecule has 1 heterocycles. The van der Waals surface area contributed by atoms with Crippen LogP contribution in [0.1, 0.15) is 31.2 Å². The van der Waals surface area contributed by atoms with Crippen molar-refractivity contribution in [1.82, 2.24) is 4.98 Å². The molecule has 0 aromatic carbocycles. The molecule has 0 amide bonds. The van der Waals surface area contributed by atoms with E-state index < -0.39 is 4.92 Å². The molecule has 0 aliphatic heterocycles. The fraction of sp³-hybridized carbons (Fsp3) is 0.643. The van der Waals surface area contributed by atoms with Crippen molar-refractivity contribution < 1.29 is 9.66 Å². The number of rotatable bonds is 5. The van der Waals surface area contributed by atoms with E-state index >= 15 is 0 Å². The highest BCUT2D eigenvalue weighted by atomic mass is 16.6. The van der Waals surface area contributed by atoms with Gasteiger partial charge in [-0.3, -0.25) is 10.1 Å². The third-order valence-corrected chi connectivity index (χ3v) is 4.06. The molecule has 1 aliphatic rings. The van der Waals surface area contributed by atoms with Crippen LogP contribution in [0.2, 0.25) is 0 Å². The van der Waals surface area contributed by atoms with Crippen LogP contribution < -0.4 is 10.5 Å². The number of aromatic nitrogens is 1. The maximum absolute atomic E-state index is 10.9. The first-order chi connectivity index (χ1) is 9.61. The number of hydrogen-bond donors (Lipinski definition) is 1. The van der Waals surface area contributed by atoms with Crippen molar-refractivity contribution in [3.63, 3.8) is 0 Å². The molecule has 1 aliphatic carbocycles. The van der Waals surface area contributed by atoms with Gasteiger partial charge in [0.15, 0.2) is 0 Å². The van der Waals surface area contributed by atoms with Crippen LogP contribution >= 0.6 is 0 Å². The molecule has 0 saturated heterocycles. The number of hydrogen-bond acceptors (Lipinski definition) is 5. The zero-order valence-electron chi connectivity index (χ0n) is 11.7. The van der Waals surface area contributed by atoms with Crippen LogP contribution in [0.25, 0.3) is 0 Å². The van der Waals surface area contributed by atoms with Crippen molar-refractivity contribution in [2.45, 2.75) is 32.6 Å². The highest BCUT2D eigenvalue weighted by Crippen LogP contribution is 2.30. The van der Waals surface area contributed by atoms with E-state index in [1.807, 2.05) is 0 Å². The van der Waals surface area contributed by atoms with Gasteiger partial charge in [-0.1, -0.05) is 12.8 Å². The van der Waals surface area contributed by atoms with E-state index in [9.17, 15) is 10.1 Å². The molecule has 110 valence electrons. The van der Waals surface area contributed by atoms with E-state index in [-0.39, 0.29) is 5.69 Å². The summed E-state index contributed by atoms with van der Waals surface area (Å²) >= 11 is 0. The summed E-state index contributed by atoms with van der Waals surface area (Å²) in [7, 11) is 0. The third-order valence-electron chi connectivity index (χ3n) is 4.06. The van der Waals surface area contributed by atoms with E-state index in [0.717, 1.165) is 12.8 Å². The van der Waals surface area contributed by atoms with Gasteiger partial charge in [-0.2, -0.15) is 0 Å². The van der Waals surface area contributed by atoms with Gasteiger partial charge in [0.05, 0.1) is 17.6 Å². The SMILES string of the molecule is Cc1cnc(OCC2CCCCC2CN)cc1[N+](=O)[O-]. The monoisotopic (exact) mass is 279 g/mol. The van der Waals surface area contributed by atoms with Crippen LogP contribution in [0.4, 0.5) is 5.69 Å². The molecule has 1 aromatic rings. The van der Waals surface area contributed by atoms with Crippen molar-refractivity contribution in [2.24, 2.45) is 17.6 Å². The van der Waals surface area contributed by atoms with E-state index in [1.54, 1.807) is 6.92 Å². The average molecular weight is 279 g/mol. The molecule has 1 saturated carbocycles. The fourth-order valence-corrected chi connectivity index (χ4v) is 2.78. The molecule has 0 bridgehead atoms. The zero-order valence-corrected chi connectivity index (χ0v) is 11.7. The number of ether oxygens (including phenoxy) is 1. The Balaban J connectivity index is 1.99. The van der Waals surface area contributed by atoms with E-state index in [4.69, 9.17) is 10.5 Å². The number of nitro groups is 1. The molecule has 0 radical (unpaired) electrons. The first-order valence-electron chi connectivity index (χ1n) is 7.05. The van der Waals surface area contributed by atoms with E-state index in [0.29, 0.717) is 36.4 Å². The van der Waals surface area contributed by atoms with Gasteiger partial charge in [0.25, 0.3) is 5.69 Å². The van der Waals surface area contributed by atoms with Gasteiger partial charge < -0.3 is 10.5 Å². The quantitative estimate of drug-likeness (QED) is 0.660. The van der Waals surface area contributed by atoms with Gasteiger partial charge in [-0.05, 0) is 38.1 Å². The van der Waals surface area contributed by atoms with Crippen LogP contribution in [0.5, 0.6) is 5.88 Å². The predicted octanol–water partition coefficient (Wildman–Crippen LogP) is 2.44. The van der Waals surface area contributed by atoms with Crippen LogP contribution in [0.3, 0.4) is 0 Å². The lowest BCUT2D eigenvalue weighted by Crippen LogP contribution is -2.30. The summed E-state index contributed by atoms with van der Waals surface area (Å²) < 4.78 is 5.65. The van der Waals surface area contributed by atoms with Gasteiger partial charge in [0, 0.05) is 11.8 Å². The lowest BCUT2D eigenvalue weighted by molar-refractivity contribution is -0.385. The Labute approximate surface area is 118 Å². The fourth-order valence-electron chi connectivity index (χ4n) is 2.78. The van der Waals surface area contributed by atoms with Crippen molar-refractivity contribution >= 4 is 5.69 Å². The molecule has 6 heteroatoms. The highest BCUT2D eigenvalue weighted by molar-refractivity contribution is 5.40. The van der Waals surface area contributed by atoms with Crippen molar-refractivity contribution in [2.75, 3.05) is 13.2 Å². The minimum atomic E-state index is -0.410. The standard InChI is InChI=1S/C14H21N3O3/c1-10-8-16-14(6-13(10)17(18)19)20-9-12-5-3-2-4-11(12)7-15/h6,8,11-12H,2-5,7,9,15H2,1H3. The van der Waals surface area contributed by atoms with Gasteiger partial charge in [0.1, 0.15) is 0 Å². The average Bonchev–Trinajstić information content (AvgIpc) is 2.46. The molecule has 6 nitrogen and oxygen atoms in total. The molecule has 2 N–H and O–H groups in total. The van der Waals surface area contributed by atoms with Crippen molar-refractivity contribution in [3.05, 3.63) is 27.9 Å². The van der Waals surface area contributed by atoms with E-state index in [2.05, 4.69) is 4.98 Å². The molecular weight excluding hydrogens is 258 g/mol. The second-order valence-electron chi connectivity index (χ2n) is 5.42. The summed E-state index contributed by atoms with van der Waals surface area (Å²) in [5.41, 5.74) is 6.38. The van der Waals surface area contributed by atoms with Crippen molar-refractivity contribution in [3.8, 4) is 5.88 Å². The summed E-state index contributed by atoms with van der Waals surface area (Å²) in [6.45, 7) is 2.88. The first-order valence-corrected chi connectivity index (χ1v) is 7.05. The zero-order chi connectivity index (χ0) is 14.5. The summed E-state index contributed by atoms with van der Waals surface area (Å²) in [6.07, 6.45) is 6.16. The molecule has 2 rings (SSSR count). The number of pyridine rings is 1. The normalized spacial score (nSPS) is 22.5. The second-order valence-corrected chi connectivity index (χ2v) is 5.42. The minimum Gasteiger partial charge on any atom is -0.477 e. The largest absolute Gasteiger partial charge is 0.477 e. The number of nitrogens with zero attached hydrogens (tertiary/aromatic N) is 2. The van der Waals surface area contributed by atoms with Gasteiger partial charge >= 0.3 is 0 Å². The first kappa shape index (κ1) is 14.7. The Bertz CT molecular complexity index is 479. The Morgan fingerprint density at radius 1 is 1.45 bits per heavy atom. The minimum absolute atomic E-state index is 0.0500. The van der Waals surface area contributed by atoms with Crippen molar-refractivity contribution in [1.29, 1.82) is 0 Å². The maximum atomic E-state index is 10.9. The van der Waals surface area contributed by atoms with Gasteiger partial charge in [0.2, 0.25) is 5.88 Å². The second kappa shape index (κ2) is 6.65. The van der Waals surface area contributed by atoms with Crippen LogP contribution in [-0.4, -0.2) is 23.1 Å². The lowest BCUT2D eigenvalue weighted by Gasteiger charge is -2.30. The molecule has 1 fully saturated rings. The Morgan fingerprint density at radius 2 is 2.15 bits per heavy atom. The Kier molecular flexibility index (Phi) is 4.89. The molecule has 20 heavy (non-hydrogen) atoms.